The van der Waals surface area contributed by atoms with Crippen molar-refractivity contribution in [2.24, 2.45) is 0 Å². The minimum Gasteiger partial charge on any atom is -0.489 e. The van der Waals surface area contributed by atoms with E-state index in [1.807, 2.05) is 54.6 Å². The molecule has 4 nitrogen and oxygen atoms in total. The molecule has 0 saturated heterocycles. The Morgan fingerprint density at radius 3 is 2.36 bits per heavy atom. The molecule has 2 aromatic carbocycles. The van der Waals surface area contributed by atoms with Crippen LogP contribution in [0.1, 0.15) is 17.5 Å². The third-order valence-electron chi connectivity index (χ3n) is 3.54. The number of rotatable bonds is 8. The molecule has 2 rings (SSSR count). The first kappa shape index (κ1) is 16.0. The van der Waals surface area contributed by atoms with Crippen molar-refractivity contribution in [3.05, 3.63) is 65.7 Å². The van der Waals surface area contributed by atoms with E-state index in [4.69, 9.17) is 9.84 Å². The second-order valence-corrected chi connectivity index (χ2v) is 5.14. The molecule has 0 amide bonds. The fraction of sp³-hybridized carbons (Fsp3) is 0.278. The molecule has 22 heavy (non-hydrogen) atoms. The normalized spacial score (nSPS) is 11.9. The molecule has 1 atom stereocenters. The van der Waals surface area contributed by atoms with E-state index in [1.165, 1.54) is 0 Å². The standard InChI is InChI=1S/C18H21NO3/c1-19-17(18(20)21)12-9-14-7-10-16(11-8-14)22-13-15-5-3-2-4-6-15/h2-8,10-11,17,19H,9,12-13H2,1H3,(H,20,21). The van der Waals surface area contributed by atoms with E-state index >= 15 is 0 Å². The molecule has 2 N–H and O–H groups in total. The lowest BCUT2D eigenvalue weighted by molar-refractivity contribution is -0.139. The van der Waals surface area contributed by atoms with Crippen LogP contribution < -0.4 is 10.1 Å². The molecular formula is C18H21NO3. The predicted octanol–water partition coefficient (Wildman–Crippen LogP) is 2.87. The van der Waals surface area contributed by atoms with Crippen molar-refractivity contribution in [1.82, 2.24) is 5.32 Å². The van der Waals surface area contributed by atoms with Gasteiger partial charge in [-0.3, -0.25) is 4.79 Å². The number of ether oxygens (including phenoxy) is 1. The summed E-state index contributed by atoms with van der Waals surface area (Å²) in [6, 6.07) is 17.3. The summed E-state index contributed by atoms with van der Waals surface area (Å²) in [5.41, 5.74) is 2.23. The van der Waals surface area contributed by atoms with E-state index in [9.17, 15) is 4.79 Å². The van der Waals surface area contributed by atoms with Gasteiger partial charge in [-0.15, -0.1) is 0 Å². The quantitative estimate of drug-likeness (QED) is 0.787. The Hall–Kier alpha value is -2.33. The first-order valence-corrected chi connectivity index (χ1v) is 7.35. The second-order valence-electron chi connectivity index (χ2n) is 5.14. The number of hydrogen-bond acceptors (Lipinski definition) is 3. The summed E-state index contributed by atoms with van der Waals surface area (Å²) in [7, 11) is 1.67. The van der Waals surface area contributed by atoms with Gasteiger partial charge in [0.2, 0.25) is 0 Å². The van der Waals surface area contributed by atoms with Gasteiger partial charge in [-0.2, -0.15) is 0 Å². The average molecular weight is 299 g/mol. The Balaban J connectivity index is 1.83. The molecular weight excluding hydrogens is 278 g/mol. The van der Waals surface area contributed by atoms with Gasteiger partial charge in [-0.05, 0) is 43.1 Å². The average Bonchev–Trinajstić information content (AvgIpc) is 2.55. The van der Waals surface area contributed by atoms with Crippen molar-refractivity contribution in [1.29, 1.82) is 0 Å². The molecule has 0 saturated carbocycles. The van der Waals surface area contributed by atoms with E-state index < -0.39 is 12.0 Å². The topological polar surface area (TPSA) is 58.6 Å². The fourth-order valence-corrected chi connectivity index (χ4v) is 2.20. The van der Waals surface area contributed by atoms with Crippen molar-refractivity contribution in [2.45, 2.75) is 25.5 Å². The zero-order chi connectivity index (χ0) is 15.8. The Kier molecular flexibility index (Phi) is 5.98. The lowest BCUT2D eigenvalue weighted by Gasteiger charge is -2.11. The van der Waals surface area contributed by atoms with Crippen LogP contribution in [-0.4, -0.2) is 24.2 Å². The van der Waals surface area contributed by atoms with E-state index in [1.54, 1.807) is 7.05 Å². The highest BCUT2D eigenvalue weighted by molar-refractivity contribution is 5.73. The Morgan fingerprint density at radius 2 is 1.77 bits per heavy atom. The van der Waals surface area contributed by atoms with Crippen LogP contribution in [0.25, 0.3) is 0 Å². The summed E-state index contributed by atoms with van der Waals surface area (Å²) in [6.45, 7) is 0.543. The van der Waals surface area contributed by atoms with Crippen molar-refractivity contribution >= 4 is 5.97 Å². The summed E-state index contributed by atoms with van der Waals surface area (Å²) >= 11 is 0. The molecule has 0 aromatic heterocycles. The van der Waals surface area contributed by atoms with Gasteiger partial charge < -0.3 is 15.2 Å². The van der Waals surface area contributed by atoms with E-state index in [-0.39, 0.29) is 0 Å². The first-order valence-electron chi connectivity index (χ1n) is 7.35. The van der Waals surface area contributed by atoms with Crippen LogP contribution in [0.5, 0.6) is 5.75 Å². The summed E-state index contributed by atoms with van der Waals surface area (Å²) in [4.78, 5) is 10.9. The molecule has 0 radical (unpaired) electrons. The van der Waals surface area contributed by atoms with Gasteiger partial charge >= 0.3 is 5.97 Å². The Labute approximate surface area is 130 Å². The van der Waals surface area contributed by atoms with E-state index in [0.717, 1.165) is 23.3 Å². The zero-order valence-corrected chi connectivity index (χ0v) is 12.7. The SMILES string of the molecule is CNC(CCc1ccc(OCc2ccccc2)cc1)C(=O)O. The van der Waals surface area contributed by atoms with E-state index in [2.05, 4.69) is 5.32 Å². The highest BCUT2D eigenvalue weighted by Gasteiger charge is 2.14. The molecule has 0 aliphatic heterocycles. The predicted molar refractivity (Wildman–Crippen MR) is 86.0 cm³/mol. The highest BCUT2D eigenvalue weighted by atomic mass is 16.5. The highest BCUT2D eigenvalue weighted by Crippen LogP contribution is 2.15. The maximum absolute atomic E-state index is 10.9. The number of carboxylic acid groups (broad SMARTS) is 1. The maximum Gasteiger partial charge on any atom is 0.320 e. The molecule has 116 valence electrons. The molecule has 0 bridgehead atoms. The van der Waals surface area contributed by atoms with Crippen LogP contribution in [-0.2, 0) is 17.8 Å². The van der Waals surface area contributed by atoms with Gasteiger partial charge in [0.15, 0.2) is 0 Å². The molecule has 0 aliphatic rings. The van der Waals surface area contributed by atoms with Gasteiger partial charge in [0.05, 0.1) is 0 Å². The van der Waals surface area contributed by atoms with Crippen LogP contribution >= 0.6 is 0 Å². The van der Waals surface area contributed by atoms with Crippen LogP contribution in [0.4, 0.5) is 0 Å². The van der Waals surface area contributed by atoms with Crippen LogP contribution in [0.3, 0.4) is 0 Å². The number of benzene rings is 2. The summed E-state index contributed by atoms with van der Waals surface area (Å²) in [5.74, 6) is 0.00122. The number of carbonyl (C=O) groups is 1. The first-order chi connectivity index (χ1) is 10.7. The second kappa shape index (κ2) is 8.20. The lowest BCUT2D eigenvalue weighted by Crippen LogP contribution is -2.34. The molecule has 0 aliphatic carbocycles. The zero-order valence-electron chi connectivity index (χ0n) is 12.7. The molecule has 1 unspecified atom stereocenters. The van der Waals surface area contributed by atoms with Crippen molar-refractivity contribution in [2.75, 3.05) is 7.05 Å². The van der Waals surface area contributed by atoms with Crippen molar-refractivity contribution in [3.63, 3.8) is 0 Å². The summed E-state index contributed by atoms with van der Waals surface area (Å²) in [5, 5.41) is 11.8. The Morgan fingerprint density at radius 1 is 1.09 bits per heavy atom. The van der Waals surface area contributed by atoms with Gasteiger partial charge in [-0.25, -0.2) is 0 Å². The third-order valence-corrected chi connectivity index (χ3v) is 3.54. The van der Waals surface area contributed by atoms with Gasteiger partial charge in [0.25, 0.3) is 0 Å². The summed E-state index contributed by atoms with van der Waals surface area (Å²) in [6.07, 6.45) is 1.28. The monoisotopic (exact) mass is 299 g/mol. The number of aryl methyl sites for hydroxylation is 1. The van der Waals surface area contributed by atoms with Crippen LogP contribution in [0.2, 0.25) is 0 Å². The van der Waals surface area contributed by atoms with Gasteiger partial charge in [0.1, 0.15) is 18.4 Å². The Bertz CT molecular complexity index is 581. The van der Waals surface area contributed by atoms with Crippen LogP contribution in [0, 0.1) is 0 Å². The van der Waals surface area contributed by atoms with Gasteiger partial charge in [0, 0.05) is 0 Å². The minimum atomic E-state index is -0.815. The molecule has 2 aromatic rings. The van der Waals surface area contributed by atoms with Crippen molar-refractivity contribution < 1.29 is 14.6 Å². The smallest absolute Gasteiger partial charge is 0.320 e. The van der Waals surface area contributed by atoms with Crippen molar-refractivity contribution in [3.8, 4) is 5.75 Å². The maximum atomic E-state index is 10.9. The molecule has 0 heterocycles. The largest absolute Gasteiger partial charge is 0.489 e. The molecule has 0 fully saturated rings. The number of carboxylic acids is 1. The summed E-state index contributed by atoms with van der Waals surface area (Å²) < 4.78 is 5.73. The minimum absolute atomic E-state index is 0.506. The number of hydrogen-bond donors (Lipinski definition) is 2. The number of nitrogens with one attached hydrogen (secondary N) is 1. The van der Waals surface area contributed by atoms with E-state index in [0.29, 0.717) is 13.0 Å². The molecule has 0 spiro atoms. The van der Waals surface area contributed by atoms with Crippen LogP contribution in [0.15, 0.2) is 54.6 Å². The molecule has 4 heteroatoms. The van der Waals surface area contributed by atoms with Gasteiger partial charge in [-0.1, -0.05) is 42.5 Å². The third kappa shape index (κ3) is 4.90. The fourth-order valence-electron chi connectivity index (χ4n) is 2.20. The number of aliphatic carboxylic acids is 1. The lowest BCUT2D eigenvalue weighted by atomic mass is 10.1. The number of likely N-dealkylation sites (N-methyl/N-ethyl adjacent to an activating group) is 1.